The highest BCUT2D eigenvalue weighted by molar-refractivity contribution is 6.31. The zero-order valence-electron chi connectivity index (χ0n) is 29.8. The molecule has 1 aromatic heterocycles. The van der Waals surface area contributed by atoms with Crippen LogP contribution in [-0.4, -0.2) is 105 Å². The second-order valence-electron chi connectivity index (χ2n) is 13.7. The van der Waals surface area contributed by atoms with E-state index < -0.39 is 23.7 Å². The maximum absolute atomic E-state index is 14.4. The van der Waals surface area contributed by atoms with Gasteiger partial charge in [-0.3, -0.25) is 23.7 Å². The number of halogens is 4. The molecule has 17 heteroatoms. The number of rotatable bonds is 2. The molecule has 0 radical (unpaired) electrons. The molecule has 290 valence electrons. The molecule has 13 nitrogen and oxygen atoms in total. The lowest BCUT2D eigenvalue weighted by molar-refractivity contribution is -0.122. The summed E-state index contributed by atoms with van der Waals surface area (Å²) in [6.07, 6.45) is 4.41. The Morgan fingerprint density at radius 1 is 0.684 bits per heavy atom. The highest BCUT2D eigenvalue weighted by atomic mass is 35.5. The number of fused-ring (bicyclic) bond motifs is 4. The third-order valence-corrected chi connectivity index (χ3v) is 10.7. The van der Waals surface area contributed by atoms with Crippen LogP contribution in [0.2, 0.25) is 10.0 Å². The highest BCUT2D eigenvalue weighted by Gasteiger charge is 2.41. The molecule has 0 saturated carbocycles. The largest absolute Gasteiger partial charge is 0.329 e. The Morgan fingerprint density at radius 2 is 1.25 bits per heavy atom. The van der Waals surface area contributed by atoms with Crippen LogP contribution in [0, 0.1) is 11.6 Å². The van der Waals surface area contributed by atoms with Crippen molar-refractivity contribution >= 4 is 64.2 Å². The third-order valence-electron chi connectivity index (χ3n) is 10.2. The van der Waals surface area contributed by atoms with Crippen LogP contribution in [0.5, 0.6) is 0 Å². The lowest BCUT2D eigenvalue weighted by Gasteiger charge is -2.39. The van der Waals surface area contributed by atoms with E-state index in [1.807, 2.05) is 0 Å². The first-order valence-electron chi connectivity index (χ1n) is 17.9. The summed E-state index contributed by atoms with van der Waals surface area (Å²) >= 11 is 11.6. The zero-order valence-corrected chi connectivity index (χ0v) is 31.4. The summed E-state index contributed by atoms with van der Waals surface area (Å²) in [6, 6.07) is 16.8. The van der Waals surface area contributed by atoms with Crippen molar-refractivity contribution < 1.29 is 32.8 Å². The van der Waals surface area contributed by atoms with E-state index in [9.17, 15) is 32.8 Å². The summed E-state index contributed by atoms with van der Waals surface area (Å²) in [4.78, 5) is 72.6. The lowest BCUT2D eigenvalue weighted by Crippen LogP contribution is -2.60. The van der Waals surface area contributed by atoms with Crippen LogP contribution in [-0.2, 0) is 9.59 Å². The van der Waals surface area contributed by atoms with Gasteiger partial charge < -0.3 is 30.7 Å². The molecule has 9 rings (SSSR count). The number of hydrogen-bond acceptors (Lipinski definition) is 7. The number of aromatic nitrogens is 2. The second-order valence-corrected chi connectivity index (χ2v) is 14.6. The van der Waals surface area contributed by atoms with E-state index in [0.717, 1.165) is 0 Å². The van der Waals surface area contributed by atoms with Crippen molar-refractivity contribution in [3.63, 3.8) is 0 Å². The molecule has 2 fully saturated rings. The number of carbonyl (C=O) groups is 5. The van der Waals surface area contributed by atoms with Crippen molar-refractivity contribution in [2.24, 2.45) is 0 Å². The number of benzene rings is 4. The van der Waals surface area contributed by atoms with E-state index in [2.05, 4.69) is 20.9 Å². The van der Waals surface area contributed by atoms with Gasteiger partial charge in [-0.05, 0) is 71.8 Å². The first-order valence-corrected chi connectivity index (χ1v) is 18.6. The van der Waals surface area contributed by atoms with Gasteiger partial charge in [0.15, 0.2) is 0 Å². The third kappa shape index (κ3) is 7.32. The highest BCUT2D eigenvalue weighted by Crippen LogP contribution is 2.34. The first-order chi connectivity index (χ1) is 27.5. The molecule has 0 spiro atoms. The smallest absolute Gasteiger partial charge is 0.324 e. The van der Waals surface area contributed by atoms with Gasteiger partial charge >= 0.3 is 6.03 Å². The van der Waals surface area contributed by atoms with Gasteiger partial charge in [-0.2, -0.15) is 0 Å². The molecule has 2 saturated heterocycles. The topological polar surface area (TPSA) is 149 Å². The van der Waals surface area contributed by atoms with Crippen LogP contribution in [0.4, 0.5) is 25.0 Å². The fourth-order valence-corrected chi connectivity index (χ4v) is 7.64. The molecular weight excluding hydrogens is 781 g/mol. The lowest BCUT2D eigenvalue weighted by atomic mass is 10.0. The van der Waals surface area contributed by atoms with E-state index in [1.54, 1.807) is 65.6 Å². The maximum atomic E-state index is 14.4. The normalized spacial score (nSPS) is 18.8. The molecule has 57 heavy (non-hydrogen) atoms. The Hall–Kier alpha value is -6.16. The predicted octanol–water partition coefficient (Wildman–Crippen LogP) is 5.60. The van der Waals surface area contributed by atoms with Gasteiger partial charge in [-0.15, -0.1) is 0 Å². The molecule has 5 heterocycles. The Kier molecular flexibility index (Phi) is 10.2. The fraction of sp³-hybridized carbons (Fsp3) is 0.200. The van der Waals surface area contributed by atoms with E-state index >= 15 is 0 Å². The van der Waals surface area contributed by atoms with E-state index in [4.69, 9.17) is 23.2 Å². The maximum Gasteiger partial charge on any atom is 0.329 e. The number of anilines is 2. The summed E-state index contributed by atoms with van der Waals surface area (Å²) in [7, 11) is 0. The van der Waals surface area contributed by atoms with Crippen molar-refractivity contribution in [1.82, 2.24) is 29.6 Å². The monoisotopic (exact) mass is 812 g/mol. The number of imidazole rings is 1. The molecule has 2 atom stereocenters. The molecule has 4 aliphatic heterocycles. The number of hydrogen-bond donors (Lipinski definition) is 3. The van der Waals surface area contributed by atoms with Gasteiger partial charge in [-0.1, -0.05) is 35.3 Å². The SMILES string of the molecule is O=C1Nc2ccc(-c3ccc(Cl)cc3F)cc2C(=O)N2CCN(C(=O)n3ccnc3)C[C@H]12.O=C1Nc2ccc(-c3ccc(Cl)cc3F)cc2C(=O)N2CCNC[C@H]12. The second kappa shape index (κ2) is 15.4. The van der Waals surface area contributed by atoms with Crippen molar-refractivity contribution in [3.8, 4) is 22.3 Å². The van der Waals surface area contributed by atoms with Gasteiger partial charge in [0, 0.05) is 66.3 Å². The van der Waals surface area contributed by atoms with Crippen molar-refractivity contribution in [1.29, 1.82) is 0 Å². The Balaban J connectivity index is 0.000000165. The summed E-state index contributed by atoms with van der Waals surface area (Å²) < 4.78 is 30.0. The molecule has 0 unspecified atom stereocenters. The molecule has 4 aromatic carbocycles. The minimum Gasteiger partial charge on any atom is -0.324 e. The summed E-state index contributed by atoms with van der Waals surface area (Å²) in [5.41, 5.74) is 3.13. The predicted molar refractivity (Wildman–Crippen MR) is 208 cm³/mol. The van der Waals surface area contributed by atoms with Crippen LogP contribution < -0.4 is 16.0 Å². The van der Waals surface area contributed by atoms with Crippen LogP contribution in [0.25, 0.3) is 22.3 Å². The number of carbonyl (C=O) groups excluding carboxylic acids is 5. The molecule has 5 amide bonds. The van der Waals surface area contributed by atoms with Gasteiger partial charge in [0.25, 0.3) is 11.8 Å². The van der Waals surface area contributed by atoms with Crippen molar-refractivity contribution in [2.75, 3.05) is 49.9 Å². The van der Waals surface area contributed by atoms with Gasteiger partial charge in [0.1, 0.15) is 30.0 Å². The molecule has 3 N–H and O–H groups in total. The zero-order chi connectivity index (χ0) is 40.0. The molecule has 0 aliphatic carbocycles. The standard InChI is InChI=1S/C22H17ClFN5O3.C18H15ClFN3O2/c23-14-2-3-15(17(24)10-14)13-1-4-18-16(9-13)21(31)29-8-7-27(11-19(29)20(30)26-18)22(32)28-6-5-25-12-28;19-11-2-3-12(14(20)8-11)10-1-4-15-13(7-10)18(25)23-6-5-21-9-16(23)17(24)22-15/h1-6,9-10,12,19H,7-8,11H2,(H,26,30);1-4,7-8,16,21H,5-6,9H2,(H,22,24)/t19-;16-/m11/s1. The van der Waals surface area contributed by atoms with E-state index in [-0.39, 0.29) is 59.9 Å². The van der Waals surface area contributed by atoms with Crippen LogP contribution in [0.15, 0.2) is 91.5 Å². The number of piperazine rings is 2. The van der Waals surface area contributed by atoms with Crippen LogP contribution in [0.3, 0.4) is 0 Å². The van der Waals surface area contributed by atoms with E-state index in [0.29, 0.717) is 63.8 Å². The van der Waals surface area contributed by atoms with Gasteiger partial charge in [0.05, 0.1) is 29.0 Å². The number of nitrogens with zero attached hydrogens (tertiary/aromatic N) is 5. The van der Waals surface area contributed by atoms with Gasteiger partial charge in [-0.25, -0.2) is 18.6 Å². The Bertz CT molecular complexity index is 2470. The Labute approximate surface area is 334 Å². The molecule has 5 aromatic rings. The average Bonchev–Trinajstić information content (AvgIpc) is 3.70. The summed E-state index contributed by atoms with van der Waals surface area (Å²) in [5, 5.41) is 9.28. The number of nitrogens with one attached hydrogen (secondary N) is 3. The Morgan fingerprint density at radius 3 is 1.79 bits per heavy atom. The minimum absolute atomic E-state index is 0.0568. The molecular formula is C40H32Cl2F2N8O5. The van der Waals surface area contributed by atoms with Crippen LogP contribution in [0.1, 0.15) is 20.7 Å². The van der Waals surface area contributed by atoms with Crippen LogP contribution >= 0.6 is 23.2 Å². The fourth-order valence-electron chi connectivity index (χ4n) is 7.33. The molecule has 4 aliphatic rings. The molecule has 0 bridgehead atoms. The number of amides is 5. The summed E-state index contributed by atoms with van der Waals surface area (Å²) in [6.45, 7) is 2.03. The minimum atomic E-state index is -0.841. The summed E-state index contributed by atoms with van der Waals surface area (Å²) in [5.74, 6) is -2.15. The van der Waals surface area contributed by atoms with E-state index in [1.165, 1.54) is 45.2 Å². The van der Waals surface area contributed by atoms with Gasteiger partial charge in [0.2, 0.25) is 11.8 Å². The van der Waals surface area contributed by atoms with Crippen molar-refractivity contribution in [2.45, 2.75) is 12.1 Å². The quantitative estimate of drug-likeness (QED) is 0.210. The van der Waals surface area contributed by atoms with Crippen molar-refractivity contribution in [3.05, 3.63) is 124 Å². The average molecular weight is 814 g/mol. The first kappa shape index (κ1) is 37.7.